The average molecular weight is 372 g/mol. The molecule has 7 heteroatoms. The van der Waals surface area contributed by atoms with Gasteiger partial charge in [-0.05, 0) is 31.0 Å². The van der Waals surface area contributed by atoms with Crippen molar-refractivity contribution in [3.05, 3.63) is 11.6 Å². The highest BCUT2D eigenvalue weighted by Crippen LogP contribution is 2.38. The SMILES string of the molecule is CC(C)(C)[Si](C)(C)OC1CCN(c2nccs2)CC1.CN(C)C=O. The zero-order valence-corrected chi connectivity index (χ0v) is 18.0. The van der Waals surface area contributed by atoms with Crippen LogP contribution in [0.15, 0.2) is 11.6 Å². The molecule has 0 saturated carbocycles. The quantitative estimate of drug-likeness (QED) is 0.596. The number of hydrogen-bond donors (Lipinski definition) is 0. The summed E-state index contributed by atoms with van der Waals surface area (Å²) in [5.74, 6) is 0. The van der Waals surface area contributed by atoms with E-state index in [2.05, 4.69) is 43.7 Å². The molecule has 0 N–H and O–H groups in total. The molecule has 0 radical (unpaired) electrons. The molecule has 1 amide bonds. The molecule has 1 saturated heterocycles. The fourth-order valence-corrected chi connectivity index (χ4v) is 4.25. The summed E-state index contributed by atoms with van der Waals surface area (Å²) in [7, 11) is 1.76. The summed E-state index contributed by atoms with van der Waals surface area (Å²) in [6.45, 7) is 13.8. The number of amides is 1. The molecule has 2 heterocycles. The molecule has 1 aromatic rings. The Morgan fingerprint density at radius 1 is 1.33 bits per heavy atom. The molecule has 1 aromatic heterocycles. The number of nitrogens with zero attached hydrogens (tertiary/aromatic N) is 3. The maximum Gasteiger partial charge on any atom is 0.209 e. The van der Waals surface area contributed by atoms with Crippen molar-refractivity contribution in [2.24, 2.45) is 0 Å². The molecule has 0 atom stereocenters. The van der Waals surface area contributed by atoms with Crippen molar-refractivity contribution in [2.75, 3.05) is 32.1 Å². The molecule has 1 aliphatic heterocycles. The summed E-state index contributed by atoms with van der Waals surface area (Å²) in [4.78, 5) is 17.7. The van der Waals surface area contributed by atoms with Gasteiger partial charge in [0.25, 0.3) is 0 Å². The zero-order chi connectivity index (χ0) is 18.4. The molecule has 1 aliphatic rings. The largest absolute Gasteiger partial charge is 0.414 e. The van der Waals surface area contributed by atoms with Gasteiger partial charge in [0.15, 0.2) is 13.4 Å². The highest BCUT2D eigenvalue weighted by Gasteiger charge is 2.39. The number of anilines is 1. The van der Waals surface area contributed by atoms with Gasteiger partial charge in [0, 0.05) is 44.9 Å². The molecule has 0 bridgehead atoms. The Morgan fingerprint density at radius 3 is 2.25 bits per heavy atom. The number of piperidine rings is 1. The van der Waals surface area contributed by atoms with Gasteiger partial charge in [-0.25, -0.2) is 4.98 Å². The van der Waals surface area contributed by atoms with Crippen molar-refractivity contribution < 1.29 is 9.22 Å². The lowest BCUT2D eigenvalue weighted by Crippen LogP contribution is -2.47. The molecule has 0 spiro atoms. The summed E-state index contributed by atoms with van der Waals surface area (Å²) < 4.78 is 6.50. The van der Waals surface area contributed by atoms with Crippen LogP contribution in [0.2, 0.25) is 18.1 Å². The number of thiazole rings is 1. The van der Waals surface area contributed by atoms with Crippen molar-refractivity contribution in [1.29, 1.82) is 0 Å². The third-order valence-corrected chi connectivity index (χ3v) is 9.98. The number of aromatic nitrogens is 1. The van der Waals surface area contributed by atoms with Gasteiger partial charge in [0.1, 0.15) is 0 Å². The monoisotopic (exact) mass is 371 g/mol. The first-order valence-corrected chi connectivity index (χ1v) is 12.3. The second-order valence-corrected chi connectivity index (χ2v) is 13.6. The highest BCUT2D eigenvalue weighted by atomic mass is 32.1. The molecule has 2 rings (SSSR count). The average Bonchev–Trinajstić information content (AvgIpc) is 3.01. The van der Waals surface area contributed by atoms with Crippen molar-refractivity contribution >= 4 is 31.2 Å². The van der Waals surface area contributed by atoms with Crippen LogP contribution in [0.25, 0.3) is 0 Å². The van der Waals surface area contributed by atoms with Crippen LogP contribution in [0.1, 0.15) is 33.6 Å². The normalized spacial score (nSPS) is 16.4. The van der Waals surface area contributed by atoms with E-state index in [4.69, 9.17) is 4.43 Å². The first-order chi connectivity index (χ1) is 11.1. The fourth-order valence-electron chi connectivity index (χ4n) is 2.13. The lowest BCUT2D eigenvalue weighted by molar-refractivity contribution is -0.115. The predicted molar refractivity (Wildman–Crippen MR) is 105 cm³/mol. The van der Waals surface area contributed by atoms with E-state index in [1.165, 1.54) is 4.90 Å². The number of carbonyl (C=O) groups is 1. The van der Waals surface area contributed by atoms with Crippen LogP contribution in [0, 0.1) is 0 Å². The minimum absolute atomic E-state index is 0.305. The molecule has 1 fully saturated rings. The molecule has 24 heavy (non-hydrogen) atoms. The molecule has 5 nitrogen and oxygen atoms in total. The van der Waals surface area contributed by atoms with Crippen LogP contribution >= 0.6 is 11.3 Å². The van der Waals surface area contributed by atoms with E-state index in [1.54, 1.807) is 25.4 Å². The van der Waals surface area contributed by atoms with E-state index in [9.17, 15) is 4.79 Å². The smallest absolute Gasteiger partial charge is 0.209 e. The lowest BCUT2D eigenvalue weighted by Gasteiger charge is -2.41. The van der Waals surface area contributed by atoms with Crippen LogP contribution in [-0.2, 0) is 9.22 Å². The first kappa shape index (κ1) is 21.1. The Balaban J connectivity index is 0.000000505. The Hall–Kier alpha value is -0.923. The van der Waals surface area contributed by atoms with E-state index in [-0.39, 0.29) is 0 Å². The minimum Gasteiger partial charge on any atom is -0.414 e. The molecule has 0 aromatic carbocycles. The highest BCUT2D eigenvalue weighted by molar-refractivity contribution is 7.13. The third-order valence-electron chi connectivity index (χ3n) is 4.61. The standard InChI is InChI=1S/C14H26N2OSSi.C3H7NO/c1-14(2,3)19(4,5)17-12-6-9-16(10-7-12)13-15-8-11-18-13;1-4(2)3-5/h8,11-12H,6-7,9-10H2,1-5H3;3H,1-2H3. The number of hydrogen-bond acceptors (Lipinski definition) is 5. The minimum atomic E-state index is -1.61. The van der Waals surface area contributed by atoms with Crippen molar-refractivity contribution in [2.45, 2.75) is 57.8 Å². The molecular formula is C17H33N3O2SSi. The second kappa shape index (κ2) is 8.96. The van der Waals surface area contributed by atoms with Crippen molar-refractivity contribution in [3.63, 3.8) is 0 Å². The number of rotatable bonds is 4. The van der Waals surface area contributed by atoms with Crippen LogP contribution < -0.4 is 4.90 Å². The zero-order valence-electron chi connectivity index (χ0n) is 16.2. The topological polar surface area (TPSA) is 45.7 Å². The second-order valence-electron chi connectivity index (χ2n) is 7.95. The van der Waals surface area contributed by atoms with E-state index in [0.29, 0.717) is 11.1 Å². The van der Waals surface area contributed by atoms with E-state index >= 15 is 0 Å². The van der Waals surface area contributed by atoms with Crippen molar-refractivity contribution in [1.82, 2.24) is 9.88 Å². The Bertz CT molecular complexity index is 479. The van der Waals surface area contributed by atoms with Gasteiger partial charge in [0.05, 0.1) is 0 Å². The first-order valence-electron chi connectivity index (χ1n) is 8.51. The van der Waals surface area contributed by atoms with Gasteiger partial charge in [0.2, 0.25) is 6.41 Å². The molecule has 138 valence electrons. The summed E-state index contributed by atoms with van der Waals surface area (Å²) >= 11 is 1.73. The van der Waals surface area contributed by atoms with E-state index < -0.39 is 8.32 Å². The van der Waals surface area contributed by atoms with Gasteiger partial charge >= 0.3 is 0 Å². The summed E-state index contributed by atoms with van der Waals surface area (Å²) in [5, 5.41) is 3.51. The Labute approximate surface area is 152 Å². The van der Waals surface area contributed by atoms with Crippen LogP contribution in [0.4, 0.5) is 5.13 Å². The summed E-state index contributed by atoms with van der Waals surface area (Å²) in [5.41, 5.74) is 0. The van der Waals surface area contributed by atoms with Crippen LogP contribution in [0.3, 0.4) is 0 Å². The van der Waals surface area contributed by atoms with Gasteiger partial charge < -0.3 is 14.2 Å². The Morgan fingerprint density at radius 2 is 1.88 bits per heavy atom. The maximum atomic E-state index is 9.43. The summed E-state index contributed by atoms with van der Waals surface area (Å²) in [6, 6.07) is 0. The fraction of sp³-hybridized carbons (Fsp3) is 0.765. The Kier molecular flexibility index (Phi) is 7.89. The van der Waals surface area contributed by atoms with Gasteiger partial charge in [-0.2, -0.15) is 0 Å². The van der Waals surface area contributed by atoms with E-state index in [0.717, 1.165) is 37.5 Å². The van der Waals surface area contributed by atoms with Crippen LogP contribution in [-0.4, -0.2) is 57.9 Å². The maximum absolute atomic E-state index is 9.43. The van der Waals surface area contributed by atoms with Crippen LogP contribution in [0.5, 0.6) is 0 Å². The molecule has 0 aliphatic carbocycles. The van der Waals surface area contributed by atoms with Gasteiger partial charge in [-0.3, -0.25) is 4.79 Å². The van der Waals surface area contributed by atoms with Gasteiger partial charge in [-0.15, -0.1) is 11.3 Å². The number of carbonyl (C=O) groups excluding carboxylic acids is 1. The lowest BCUT2D eigenvalue weighted by atomic mass is 10.1. The molecular weight excluding hydrogens is 338 g/mol. The van der Waals surface area contributed by atoms with E-state index in [1.807, 2.05) is 11.6 Å². The molecule has 0 unspecified atom stereocenters. The van der Waals surface area contributed by atoms with Crippen molar-refractivity contribution in [3.8, 4) is 0 Å². The predicted octanol–water partition coefficient (Wildman–Crippen LogP) is 3.84. The summed E-state index contributed by atoms with van der Waals surface area (Å²) in [6.07, 6.45) is 5.34. The van der Waals surface area contributed by atoms with Gasteiger partial charge in [-0.1, -0.05) is 20.8 Å². The third kappa shape index (κ3) is 6.53.